The molecule has 0 saturated heterocycles. The standard InChI is InChI=1S/C15H14BrN3S/c16-9-13-14(17-15-19(13)7-8-20-15)18-6-5-11-3-1-2-4-12(11)10-18/h1-4,7-8H,5-6,9-10H2. The fraction of sp³-hybridized carbons (Fsp3) is 0.267. The van der Waals surface area contributed by atoms with Crippen molar-refractivity contribution in [1.82, 2.24) is 9.38 Å². The molecule has 3 aromatic rings. The summed E-state index contributed by atoms with van der Waals surface area (Å²) >= 11 is 5.30. The largest absolute Gasteiger partial charge is 0.350 e. The average Bonchev–Trinajstić information content (AvgIpc) is 3.07. The van der Waals surface area contributed by atoms with Crippen molar-refractivity contribution in [3.05, 3.63) is 52.7 Å². The summed E-state index contributed by atoms with van der Waals surface area (Å²) in [6.45, 7) is 2.00. The van der Waals surface area contributed by atoms with Gasteiger partial charge in [-0.3, -0.25) is 4.40 Å². The summed E-state index contributed by atoms with van der Waals surface area (Å²) in [6.07, 6.45) is 3.20. The quantitative estimate of drug-likeness (QED) is 0.656. The van der Waals surface area contributed by atoms with Crippen molar-refractivity contribution in [1.29, 1.82) is 0 Å². The van der Waals surface area contributed by atoms with Crippen LogP contribution in [0.1, 0.15) is 16.8 Å². The summed E-state index contributed by atoms with van der Waals surface area (Å²) in [4.78, 5) is 8.30. The molecule has 5 heteroatoms. The Morgan fingerprint density at radius 1 is 1.25 bits per heavy atom. The van der Waals surface area contributed by atoms with Gasteiger partial charge in [-0.2, -0.15) is 0 Å². The van der Waals surface area contributed by atoms with E-state index in [4.69, 9.17) is 4.98 Å². The number of nitrogens with zero attached hydrogens (tertiary/aromatic N) is 3. The van der Waals surface area contributed by atoms with Crippen LogP contribution in [0.25, 0.3) is 4.96 Å². The molecule has 0 unspecified atom stereocenters. The molecule has 0 aliphatic carbocycles. The zero-order chi connectivity index (χ0) is 13.5. The van der Waals surface area contributed by atoms with Crippen molar-refractivity contribution in [2.75, 3.05) is 11.4 Å². The van der Waals surface area contributed by atoms with Gasteiger partial charge in [0.1, 0.15) is 0 Å². The third-order valence-electron chi connectivity index (χ3n) is 3.90. The highest BCUT2D eigenvalue weighted by atomic mass is 79.9. The van der Waals surface area contributed by atoms with Crippen LogP contribution in [0.5, 0.6) is 0 Å². The van der Waals surface area contributed by atoms with Crippen LogP contribution in [0.3, 0.4) is 0 Å². The van der Waals surface area contributed by atoms with E-state index in [2.05, 4.69) is 61.1 Å². The fourth-order valence-corrected chi connectivity index (χ4v) is 4.12. The summed E-state index contributed by atoms with van der Waals surface area (Å²) in [6, 6.07) is 8.72. The van der Waals surface area contributed by atoms with E-state index in [1.165, 1.54) is 16.8 Å². The van der Waals surface area contributed by atoms with Crippen molar-refractivity contribution < 1.29 is 0 Å². The second-order valence-electron chi connectivity index (χ2n) is 5.01. The van der Waals surface area contributed by atoms with Crippen molar-refractivity contribution in [3.63, 3.8) is 0 Å². The van der Waals surface area contributed by atoms with E-state index in [9.17, 15) is 0 Å². The zero-order valence-electron chi connectivity index (χ0n) is 10.9. The Morgan fingerprint density at radius 3 is 2.95 bits per heavy atom. The number of halogens is 1. The highest BCUT2D eigenvalue weighted by molar-refractivity contribution is 9.08. The number of fused-ring (bicyclic) bond motifs is 2. The number of aromatic nitrogens is 2. The molecule has 3 nitrogen and oxygen atoms in total. The van der Waals surface area contributed by atoms with Gasteiger partial charge in [0.25, 0.3) is 0 Å². The molecule has 0 spiro atoms. The van der Waals surface area contributed by atoms with E-state index in [0.717, 1.165) is 35.6 Å². The maximum absolute atomic E-state index is 4.82. The molecule has 20 heavy (non-hydrogen) atoms. The first-order chi connectivity index (χ1) is 9.86. The predicted molar refractivity (Wildman–Crippen MR) is 86.9 cm³/mol. The number of benzene rings is 1. The SMILES string of the molecule is BrCc1c(N2CCc3ccccc3C2)nc2sccn12. The van der Waals surface area contributed by atoms with E-state index in [0.29, 0.717) is 0 Å². The van der Waals surface area contributed by atoms with Gasteiger partial charge in [0, 0.05) is 30.0 Å². The maximum Gasteiger partial charge on any atom is 0.195 e. The van der Waals surface area contributed by atoms with Gasteiger partial charge in [-0.05, 0) is 17.5 Å². The van der Waals surface area contributed by atoms with Gasteiger partial charge in [0.15, 0.2) is 10.8 Å². The first kappa shape index (κ1) is 12.4. The highest BCUT2D eigenvalue weighted by Crippen LogP contribution is 2.30. The molecule has 0 atom stereocenters. The molecule has 3 heterocycles. The maximum atomic E-state index is 4.82. The molecule has 0 fully saturated rings. The van der Waals surface area contributed by atoms with Crippen LogP contribution in [0.15, 0.2) is 35.8 Å². The topological polar surface area (TPSA) is 20.5 Å². The van der Waals surface area contributed by atoms with E-state index in [1.54, 1.807) is 11.3 Å². The Bertz CT molecular complexity index is 761. The molecule has 1 aliphatic heterocycles. The van der Waals surface area contributed by atoms with Crippen LogP contribution in [0, 0.1) is 0 Å². The first-order valence-electron chi connectivity index (χ1n) is 6.69. The van der Waals surface area contributed by atoms with Crippen LogP contribution in [-0.2, 0) is 18.3 Å². The van der Waals surface area contributed by atoms with Crippen LogP contribution >= 0.6 is 27.3 Å². The monoisotopic (exact) mass is 347 g/mol. The van der Waals surface area contributed by atoms with E-state index < -0.39 is 0 Å². The second-order valence-corrected chi connectivity index (χ2v) is 6.45. The van der Waals surface area contributed by atoms with Crippen molar-refractivity contribution >= 4 is 38.0 Å². The van der Waals surface area contributed by atoms with Gasteiger partial charge in [-0.1, -0.05) is 40.2 Å². The van der Waals surface area contributed by atoms with Gasteiger partial charge in [0.05, 0.1) is 5.69 Å². The highest BCUT2D eigenvalue weighted by Gasteiger charge is 2.22. The molecule has 102 valence electrons. The number of imidazole rings is 1. The Labute approximate surface area is 130 Å². The average molecular weight is 348 g/mol. The Hall–Kier alpha value is -1.33. The number of thiazole rings is 1. The van der Waals surface area contributed by atoms with Crippen molar-refractivity contribution in [2.45, 2.75) is 18.3 Å². The summed E-state index contributed by atoms with van der Waals surface area (Å²) in [5, 5.41) is 2.92. The molecule has 1 aromatic carbocycles. The summed E-state index contributed by atoms with van der Waals surface area (Å²) in [7, 11) is 0. The fourth-order valence-electron chi connectivity index (χ4n) is 2.88. The molecule has 1 aliphatic rings. The number of hydrogen-bond donors (Lipinski definition) is 0. The van der Waals surface area contributed by atoms with E-state index in [1.807, 2.05) is 0 Å². The lowest BCUT2D eigenvalue weighted by Crippen LogP contribution is -2.31. The molecular formula is C15H14BrN3S. The summed E-state index contributed by atoms with van der Waals surface area (Å²) in [5.41, 5.74) is 4.15. The minimum absolute atomic E-state index is 0.832. The van der Waals surface area contributed by atoms with Gasteiger partial charge < -0.3 is 4.90 Å². The molecule has 0 amide bonds. The van der Waals surface area contributed by atoms with Gasteiger partial charge in [-0.25, -0.2) is 4.98 Å². The number of anilines is 1. The van der Waals surface area contributed by atoms with Crippen LogP contribution in [-0.4, -0.2) is 15.9 Å². The molecule has 0 N–H and O–H groups in total. The van der Waals surface area contributed by atoms with Crippen LogP contribution in [0.4, 0.5) is 5.82 Å². The Balaban J connectivity index is 1.75. The molecule has 0 saturated carbocycles. The molecule has 0 radical (unpaired) electrons. The minimum atomic E-state index is 0.832. The Morgan fingerprint density at radius 2 is 2.10 bits per heavy atom. The number of rotatable bonds is 2. The smallest absolute Gasteiger partial charge is 0.195 e. The van der Waals surface area contributed by atoms with Crippen LogP contribution in [0.2, 0.25) is 0 Å². The number of hydrogen-bond acceptors (Lipinski definition) is 3. The summed E-state index contributed by atoms with van der Waals surface area (Å²) < 4.78 is 2.19. The zero-order valence-corrected chi connectivity index (χ0v) is 13.3. The minimum Gasteiger partial charge on any atom is -0.350 e. The van der Waals surface area contributed by atoms with E-state index in [-0.39, 0.29) is 0 Å². The summed E-state index contributed by atoms with van der Waals surface area (Å²) in [5.74, 6) is 1.13. The molecule has 4 rings (SSSR count). The van der Waals surface area contributed by atoms with Crippen molar-refractivity contribution in [3.8, 4) is 0 Å². The van der Waals surface area contributed by atoms with Gasteiger partial charge in [-0.15, -0.1) is 11.3 Å². The third kappa shape index (κ3) is 1.88. The van der Waals surface area contributed by atoms with Gasteiger partial charge in [0.2, 0.25) is 0 Å². The predicted octanol–water partition coefficient (Wildman–Crippen LogP) is 3.85. The molecular weight excluding hydrogens is 334 g/mol. The second kappa shape index (κ2) is 4.90. The Kier molecular flexibility index (Phi) is 3.04. The van der Waals surface area contributed by atoms with Gasteiger partial charge >= 0.3 is 0 Å². The molecule has 2 aromatic heterocycles. The normalized spacial score (nSPS) is 14.8. The molecule has 0 bridgehead atoms. The van der Waals surface area contributed by atoms with Crippen LogP contribution < -0.4 is 4.90 Å². The van der Waals surface area contributed by atoms with Crippen molar-refractivity contribution in [2.24, 2.45) is 0 Å². The lowest BCUT2D eigenvalue weighted by Gasteiger charge is -2.29. The lowest BCUT2D eigenvalue weighted by atomic mass is 10.00. The first-order valence-corrected chi connectivity index (χ1v) is 8.69. The lowest BCUT2D eigenvalue weighted by molar-refractivity contribution is 0.720. The third-order valence-corrected chi connectivity index (χ3v) is 5.18. The number of alkyl halides is 1. The van der Waals surface area contributed by atoms with E-state index >= 15 is 0 Å².